The number of carbonyl (C=O) groups is 1. The van der Waals surface area contributed by atoms with Crippen LogP contribution in [0.1, 0.15) is 10.5 Å². The van der Waals surface area contributed by atoms with Gasteiger partial charge in [-0.05, 0) is 23.7 Å². The summed E-state index contributed by atoms with van der Waals surface area (Å²) in [5.74, 6) is -0.0531. The van der Waals surface area contributed by atoms with E-state index in [9.17, 15) is 4.79 Å². The molecule has 0 saturated carbocycles. The predicted octanol–water partition coefficient (Wildman–Crippen LogP) is 2.35. The number of imidazole rings is 1. The molecule has 0 unspecified atom stereocenters. The lowest BCUT2D eigenvalue weighted by Gasteiger charge is -2.04. The van der Waals surface area contributed by atoms with Gasteiger partial charge < -0.3 is 9.13 Å². The molecule has 0 aliphatic rings. The van der Waals surface area contributed by atoms with E-state index < -0.39 is 0 Å². The minimum absolute atomic E-state index is 0.0237. The Morgan fingerprint density at radius 2 is 2.15 bits per heavy atom. The van der Waals surface area contributed by atoms with E-state index in [4.69, 9.17) is 23.2 Å². The lowest BCUT2D eigenvalue weighted by molar-refractivity contribution is 0.0965. The highest BCUT2D eigenvalue weighted by Crippen LogP contribution is 2.20. The minimum Gasteiger partial charge on any atom is -0.348 e. The van der Waals surface area contributed by atoms with E-state index in [2.05, 4.69) is 15.0 Å². The van der Waals surface area contributed by atoms with E-state index in [1.54, 1.807) is 15.2 Å². The number of carbonyl (C=O) groups excluding carboxylic acids is 1. The smallest absolute Gasteiger partial charge is 0.225 e. The first kappa shape index (κ1) is 13.1. The van der Waals surface area contributed by atoms with Gasteiger partial charge >= 0.3 is 0 Å². The van der Waals surface area contributed by atoms with E-state index in [-0.39, 0.29) is 22.8 Å². The van der Waals surface area contributed by atoms with Gasteiger partial charge in [0.2, 0.25) is 5.28 Å². The van der Waals surface area contributed by atoms with Crippen molar-refractivity contribution in [3.05, 3.63) is 40.8 Å². The maximum Gasteiger partial charge on any atom is 0.225 e. The summed E-state index contributed by atoms with van der Waals surface area (Å²) < 4.78 is 3.36. The zero-order chi connectivity index (χ0) is 14.3. The Hall–Kier alpha value is -1.92. The van der Waals surface area contributed by atoms with Crippen molar-refractivity contribution in [2.75, 3.05) is 0 Å². The van der Waals surface area contributed by atoms with E-state index in [1.165, 1.54) is 6.33 Å². The monoisotopic (exact) mass is 309 g/mol. The van der Waals surface area contributed by atoms with Crippen molar-refractivity contribution >= 4 is 40.1 Å². The van der Waals surface area contributed by atoms with Gasteiger partial charge in [-0.2, -0.15) is 4.98 Å². The van der Waals surface area contributed by atoms with Crippen LogP contribution in [0.5, 0.6) is 0 Å². The molecule has 0 fully saturated rings. The van der Waals surface area contributed by atoms with Gasteiger partial charge in [-0.15, -0.1) is 0 Å². The van der Waals surface area contributed by atoms with Crippen LogP contribution >= 0.6 is 23.2 Å². The molecule has 0 radical (unpaired) electrons. The number of aromatic nitrogens is 5. The summed E-state index contributed by atoms with van der Waals surface area (Å²) in [6.07, 6.45) is 3.32. The minimum atomic E-state index is -0.0531. The number of rotatable bonds is 3. The van der Waals surface area contributed by atoms with Gasteiger partial charge in [0.25, 0.3) is 0 Å². The van der Waals surface area contributed by atoms with Crippen LogP contribution in [-0.4, -0.2) is 29.9 Å². The molecule has 0 aliphatic heterocycles. The number of nitrogens with zero attached hydrogens (tertiary/aromatic N) is 5. The molecule has 0 aromatic carbocycles. The summed E-state index contributed by atoms with van der Waals surface area (Å²) >= 11 is 11.7. The first-order chi connectivity index (χ1) is 9.56. The van der Waals surface area contributed by atoms with Gasteiger partial charge in [-0.25, -0.2) is 9.97 Å². The molecular weight excluding hydrogens is 301 g/mol. The molecule has 0 bridgehead atoms. The van der Waals surface area contributed by atoms with E-state index in [1.807, 2.05) is 19.3 Å². The molecule has 3 rings (SSSR count). The van der Waals surface area contributed by atoms with Crippen molar-refractivity contribution in [1.82, 2.24) is 24.1 Å². The Labute approximate surface area is 124 Å². The van der Waals surface area contributed by atoms with Crippen molar-refractivity contribution in [2.45, 2.75) is 6.54 Å². The molecular formula is C12H9Cl2N5O. The number of halogens is 2. The third-order valence-corrected chi connectivity index (χ3v) is 3.37. The summed E-state index contributed by atoms with van der Waals surface area (Å²) in [6, 6.07) is 3.57. The van der Waals surface area contributed by atoms with Crippen LogP contribution in [0.4, 0.5) is 0 Å². The number of hydrogen-bond acceptors (Lipinski definition) is 4. The first-order valence-electron chi connectivity index (χ1n) is 5.74. The maximum absolute atomic E-state index is 12.2. The predicted molar refractivity (Wildman–Crippen MR) is 75.1 cm³/mol. The highest BCUT2D eigenvalue weighted by atomic mass is 35.5. The summed E-state index contributed by atoms with van der Waals surface area (Å²) in [6.45, 7) is 0.109. The van der Waals surface area contributed by atoms with E-state index >= 15 is 0 Å². The van der Waals surface area contributed by atoms with Crippen LogP contribution in [0.15, 0.2) is 24.7 Å². The second kappa shape index (κ2) is 4.88. The van der Waals surface area contributed by atoms with E-state index in [0.29, 0.717) is 16.9 Å². The van der Waals surface area contributed by atoms with Gasteiger partial charge in [0.1, 0.15) is 5.52 Å². The van der Waals surface area contributed by atoms with Gasteiger partial charge in [0.15, 0.2) is 16.6 Å². The molecule has 3 heterocycles. The van der Waals surface area contributed by atoms with Crippen LogP contribution in [0.25, 0.3) is 11.2 Å². The van der Waals surface area contributed by atoms with Crippen LogP contribution < -0.4 is 0 Å². The molecule has 20 heavy (non-hydrogen) atoms. The Bertz CT molecular complexity index is 807. The van der Waals surface area contributed by atoms with Gasteiger partial charge in [0.05, 0.1) is 18.6 Å². The molecule has 0 atom stereocenters. The number of aryl methyl sites for hydroxylation is 1. The SMILES string of the molecule is Cn1cccc1C(=O)Cn1cnc2c(Cl)nc(Cl)nc21. The Morgan fingerprint density at radius 3 is 2.85 bits per heavy atom. The van der Waals surface area contributed by atoms with Crippen LogP contribution in [0.3, 0.4) is 0 Å². The zero-order valence-corrected chi connectivity index (χ0v) is 11.9. The number of fused-ring (bicyclic) bond motifs is 1. The summed E-state index contributed by atoms with van der Waals surface area (Å²) in [5.41, 5.74) is 1.48. The van der Waals surface area contributed by atoms with Crippen LogP contribution in [-0.2, 0) is 13.6 Å². The highest BCUT2D eigenvalue weighted by molar-refractivity contribution is 6.35. The standard InChI is InChI=1S/C12H9Cl2N5O/c1-18-4-2-3-7(18)8(20)5-19-6-15-9-10(13)16-12(14)17-11(9)19/h2-4,6H,5H2,1H3. The summed E-state index contributed by atoms with van der Waals surface area (Å²) in [7, 11) is 1.81. The molecule has 0 saturated heterocycles. The fraction of sp³-hybridized carbons (Fsp3) is 0.167. The second-order valence-corrected chi connectivity index (χ2v) is 4.95. The Kier molecular flexibility index (Phi) is 3.19. The maximum atomic E-state index is 12.2. The molecule has 8 heteroatoms. The first-order valence-corrected chi connectivity index (χ1v) is 6.50. The van der Waals surface area contributed by atoms with Crippen LogP contribution in [0.2, 0.25) is 10.4 Å². The van der Waals surface area contributed by atoms with Crippen molar-refractivity contribution < 1.29 is 4.79 Å². The molecule has 0 amide bonds. The number of Topliss-reactive ketones (excluding diaryl/α,β-unsaturated/α-hetero) is 1. The van der Waals surface area contributed by atoms with E-state index in [0.717, 1.165) is 0 Å². The number of hydrogen-bond donors (Lipinski definition) is 0. The molecule has 3 aromatic rings. The molecule has 0 N–H and O–H groups in total. The van der Waals surface area contributed by atoms with Gasteiger partial charge in [0, 0.05) is 13.2 Å². The third kappa shape index (κ3) is 2.17. The summed E-state index contributed by atoms with van der Waals surface area (Å²) in [5, 5.41) is 0.195. The Morgan fingerprint density at radius 1 is 1.35 bits per heavy atom. The lowest BCUT2D eigenvalue weighted by atomic mass is 10.3. The number of ketones is 1. The van der Waals surface area contributed by atoms with Crippen molar-refractivity contribution in [3.63, 3.8) is 0 Å². The molecule has 0 spiro atoms. The molecule has 102 valence electrons. The largest absolute Gasteiger partial charge is 0.348 e. The quantitative estimate of drug-likeness (QED) is 0.423. The van der Waals surface area contributed by atoms with Crippen molar-refractivity contribution in [1.29, 1.82) is 0 Å². The van der Waals surface area contributed by atoms with Crippen molar-refractivity contribution in [3.8, 4) is 0 Å². The Balaban J connectivity index is 2.00. The summed E-state index contributed by atoms with van der Waals surface area (Å²) in [4.78, 5) is 24.2. The fourth-order valence-corrected chi connectivity index (χ4v) is 2.41. The molecule has 0 aliphatic carbocycles. The zero-order valence-electron chi connectivity index (χ0n) is 10.4. The van der Waals surface area contributed by atoms with Crippen LogP contribution in [0, 0.1) is 0 Å². The van der Waals surface area contributed by atoms with Gasteiger partial charge in [-0.3, -0.25) is 4.79 Å². The second-order valence-electron chi connectivity index (χ2n) is 4.26. The van der Waals surface area contributed by atoms with Gasteiger partial charge in [-0.1, -0.05) is 11.6 Å². The van der Waals surface area contributed by atoms with Crippen molar-refractivity contribution in [2.24, 2.45) is 7.05 Å². The third-order valence-electron chi connectivity index (χ3n) is 2.94. The lowest BCUT2D eigenvalue weighted by Crippen LogP contribution is -2.13. The average Bonchev–Trinajstić information content (AvgIpc) is 2.96. The highest BCUT2D eigenvalue weighted by Gasteiger charge is 2.15. The fourth-order valence-electron chi connectivity index (χ4n) is 1.99. The topological polar surface area (TPSA) is 65.6 Å². The molecule has 3 aromatic heterocycles. The average molecular weight is 310 g/mol. The molecule has 6 nitrogen and oxygen atoms in total. The normalized spacial score (nSPS) is 11.2.